The molecule has 1 aromatic rings. The van der Waals surface area contributed by atoms with Gasteiger partial charge in [-0.3, -0.25) is 4.79 Å². The molecule has 1 aromatic carbocycles. The van der Waals surface area contributed by atoms with Gasteiger partial charge in [0.25, 0.3) is 5.91 Å². The monoisotopic (exact) mass is 311 g/mol. The van der Waals surface area contributed by atoms with E-state index in [1.807, 2.05) is 18.4 Å². The number of hydrogen-bond acceptors (Lipinski definition) is 4. The van der Waals surface area contributed by atoms with Crippen LogP contribution in [-0.2, 0) is 16.0 Å². The lowest BCUT2D eigenvalue weighted by atomic mass is 10.2. The molecule has 1 rings (SSSR count). The highest BCUT2D eigenvalue weighted by Crippen LogP contribution is 2.12. The number of carbonyl (C=O) groups is 2. The van der Waals surface area contributed by atoms with Crippen molar-refractivity contribution in [2.24, 2.45) is 0 Å². The van der Waals surface area contributed by atoms with Gasteiger partial charge in [0, 0.05) is 0 Å². The van der Waals surface area contributed by atoms with E-state index in [-0.39, 0.29) is 6.61 Å². The Morgan fingerprint density at radius 2 is 2.00 bits per heavy atom. The summed E-state index contributed by atoms with van der Waals surface area (Å²) in [4.78, 5) is 22.7. The zero-order chi connectivity index (χ0) is 15.7. The van der Waals surface area contributed by atoms with Crippen LogP contribution in [0.3, 0.4) is 0 Å². The van der Waals surface area contributed by atoms with E-state index in [1.54, 1.807) is 23.9 Å². The first-order valence-corrected chi connectivity index (χ1v) is 8.19. The maximum atomic E-state index is 11.7. The van der Waals surface area contributed by atoms with Crippen molar-refractivity contribution in [3.63, 3.8) is 0 Å². The number of carboxylic acids is 1. The Bertz CT molecular complexity index is 461. The summed E-state index contributed by atoms with van der Waals surface area (Å²) in [5, 5.41) is 11.5. The Kier molecular flexibility index (Phi) is 7.68. The second-order valence-corrected chi connectivity index (χ2v) is 5.51. The Hall–Kier alpha value is -1.69. The van der Waals surface area contributed by atoms with E-state index in [4.69, 9.17) is 9.84 Å². The van der Waals surface area contributed by atoms with Gasteiger partial charge in [0.05, 0.1) is 0 Å². The molecule has 0 saturated heterocycles. The van der Waals surface area contributed by atoms with Gasteiger partial charge < -0.3 is 15.2 Å². The first kappa shape index (κ1) is 17.4. The van der Waals surface area contributed by atoms with E-state index in [0.29, 0.717) is 17.9 Å². The van der Waals surface area contributed by atoms with Crippen molar-refractivity contribution < 1.29 is 19.4 Å². The molecule has 0 aliphatic heterocycles. The second-order valence-electron chi connectivity index (χ2n) is 4.53. The Balaban J connectivity index is 2.42. The van der Waals surface area contributed by atoms with E-state index >= 15 is 0 Å². The van der Waals surface area contributed by atoms with Gasteiger partial charge in [-0.05, 0) is 42.5 Å². The molecule has 1 amide bonds. The topological polar surface area (TPSA) is 75.6 Å². The number of aryl methyl sites for hydroxylation is 1. The third-order valence-corrected chi connectivity index (χ3v) is 3.59. The molecule has 0 saturated carbocycles. The number of amides is 1. The zero-order valence-corrected chi connectivity index (χ0v) is 13.1. The van der Waals surface area contributed by atoms with E-state index in [2.05, 4.69) is 12.2 Å². The Morgan fingerprint density at radius 1 is 1.33 bits per heavy atom. The van der Waals surface area contributed by atoms with Crippen molar-refractivity contribution in [1.82, 2.24) is 5.32 Å². The lowest BCUT2D eigenvalue weighted by Crippen LogP contribution is -2.43. The Labute approximate surface area is 129 Å². The SMILES string of the molecule is CCc1ccc(OCC(=O)N[C@H](CCSC)C(=O)O)cc1. The second kappa shape index (κ2) is 9.28. The quantitative estimate of drug-likeness (QED) is 0.729. The smallest absolute Gasteiger partial charge is 0.326 e. The van der Waals surface area contributed by atoms with Gasteiger partial charge in [0.15, 0.2) is 6.61 Å². The number of rotatable bonds is 9. The standard InChI is InChI=1S/C15H21NO4S/c1-3-11-4-6-12(7-5-11)20-10-14(17)16-13(15(18)19)8-9-21-2/h4-7,13H,3,8-10H2,1-2H3,(H,16,17)(H,18,19)/t13-/m1/s1. The molecular weight excluding hydrogens is 290 g/mol. The van der Waals surface area contributed by atoms with Crippen LogP contribution in [0.2, 0.25) is 0 Å². The van der Waals surface area contributed by atoms with Gasteiger partial charge in [-0.2, -0.15) is 11.8 Å². The number of thioether (sulfide) groups is 1. The van der Waals surface area contributed by atoms with E-state index in [0.717, 1.165) is 6.42 Å². The fraction of sp³-hybridized carbons (Fsp3) is 0.467. The van der Waals surface area contributed by atoms with Crippen molar-refractivity contribution in [2.45, 2.75) is 25.8 Å². The fourth-order valence-corrected chi connectivity index (χ4v) is 2.17. The number of carboxylic acid groups (broad SMARTS) is 1. The maximum absolute atomic E-state index is 11.7. The average Bonchev–Trinajstić information content (AvgIpc) is 2.49. The summed E-state index contributed by atoms with van der Waals surface area (Å²) in [6.07, 6.45) is 3.23. The minimum absolute atomic E-state index is 0.186. The van der Waals surface area contributed by atoms with Crippen LogP contribution in [0.1, 0.15) is 18.9 Å². The predicted molar refractivity (Wildman–Crippen MR) is 83.9 cm³/mol. The van der Waals surface area contributed by atoms with Crippen molar-refractivity contribution >= 4 is 23.6 Å². The van der Waals surface area contributed by atoms with Gasteiger partial charge in [0.1, 0.15) is 11.8 Å². The largest absolute Gasteiger partial charge is 0.484 e. The lowest BCUT2D eigenvalue weighted by Gasteiger charge is -2.14. The van der Waals surface area contributed by atoms with Crippen LogP contribution in [-0.4, -0.2) is 41.6 Å². The maximum Gasteiger partial charge on any atom is 0.326 e. The molecule has 116 valence electrons. The summed E-state index contributed by atoms with van der Waals surface area (Å²) >= 11 is 1.54. The first-order chi connectivity index (χ1) is 10.1. The highest BCUT2D eigenvalue weighted by Gasteiger charge is 2.19. The molecule has 0 aliphatic rings. The molecule has 0 heterocycles. The van der Waals surface area contributed by atoms with E-state index < -0.39 is 17.9 Å². The van der Waals surface area contributed by atoms with Crippen molar-refractivity contribution in [3.8, 4) is 5.75 Å². The number of carbonyl (C=O) groups excluding carboxylic acids is 1. The summed E-state index contributed by atoms with van der Waals surface area (Å²) < 4.78 is 5.34. The van der Waals surface area contributed by atoms with Crippen molar-refractivity contribution in [2.75, 3.05) is 18.6 Å². The van der Waals surface area contributed by atoms with Crippen LogP contribution in [0, 0.1) is 0 Å². The number of ether oxygens (including phenoxy) is 1. The summed E-state index contributed by atoms with van der Waals surface area (Å²) in [5.41, 5.74) is 1.19. The summed E-state index contributed by atoms with van der Waals surface area (Å²) in [6.45, 7) is 1.87. The molecule has 5 nitrogen and oxygen atoms in total. The molecule has 0 bridgehead atoms. The molecule has 0 aliphatic carbocycles. The minimum Gasteiger partial charge on any atom is -0.484 e. The Morgan fingerprint density at radius 3 is 2.52 bits per heavy atom. The summed E-state index contributed by atoms with van der Waals surface area (Å²) in [5.74, 6) is -0.178. The third kappa shape index (κ3) is 6.53. The van der Waals surface area contributed by atoms with Gasteiger partial charge in [-0.1, -0.05) is 19.1 Å². The molecular formula is C15H21NO4S. The summed E-state index contributed by atoms with van der Waals surface area (Å²) in [7, 11) is 0. The lowest BCUT2D eigenvalue weighted by molar-refractivity contribution is -0.142. The molecule has 6 heteroatoms. The predicted octanol–water partition coefficient (Wildman–Crippen LogP) is 1.95. The molecule has 1 atom stereocenters. The number of aliphatic carboxylic acids is 1. The molecule has 0 spiro atoms. The van der Waals surface area contributed by atoms with Gasteiger partial charge in [-0.15, -0.1) is 0 Å². The van der Waals surface area contributed by atoms with Crippen LogP contribution in [0.25, 0.3) is 0 Å². The third-order valence-electron chi connectivity index (χ3n) is 2.95. The molecule has 0 fully saturated rings. The molecule has 0 radical (unpaired) electrons. The molecule has 21 heavy (non-hydrogen) atoms. The van der Waals surface area contributed by atoms with Gasteiger partial charge >= 0.3 is 5.97 Å². The molecule has 0 aromatic heterocycles. The number of nitrogens with one attached hydrogen (secondary N) is 1. The number of hydrogen-bond donors (Lipinski definition) is 2. The van der Waals surface area contributed by atoms with Crippen LogP contribution in [0.4, 0.5) is 0 Å². The normalized spacial score (nSPS) is 11.7. The van der Waals surface area contributed by atoms with Gasteiger partial charge in [0.2, 0.25) is 0 Å². The minimum atomic E-state index is -1.02. The highest BCUT2D eigenvalue weighted by atomic mass is 32.2. The fourth-order valence-electron chi connectivity index (χ4n) is 1.70. The molecule has 2 N–H and O–H groups in total. The van der Waals surface area contributed by atoms with E-state index in [1.165, 1.54) is 5.56 Å². The van der Waals surface area contributed by atoms with Crippen LogP contribution < -0.4 is 10.1 Å². The van der Waals surface area contributed by atoms with Crippen LogP contribution >= 0.6 is 11.8 Å². The van der Waals surface area contributed by atoms with Gasteiger partial charge in [-0.25, -0.2) is 4.79 Å². The average molecular weight is 311 g/mol. The van der Waals surface area contributed by atoms with Crippen LogP contribution in [0.5, 0.6) is 5.75 Å². The first-order valence-electron chi connectivity index (χ1n) is 6.79. The summed E-state index contributed by atoms with van der Waals surface area (Å²) in [6, 6.07) is 6.61. The van der Waals surface area contributed by atoms with E-state index in [9.17, 15) is 9.59 Å². The van der Waals surface area contributed by atoms with Crippen molar-refractivity contribution in [1.29, 1.82) is 0 Å². The number of benzene rings is 1. The molecule has 0 unspecified atom stereocenters. The highest BCUT2D eigenvalue weighted by molar-refractivity contribution is 7.98. The van der Waals surface area contributed by atoms with Crippen LogP contribution in [0.15, 0.2) is 24.3 Å². The van der Waals surface area contributed by atoms with Crippen molar-refractivity contribution in [3.05, 3.63) is 29.8 Å². The zero-order valence-electron chi connectivity index (χ0n) is 12.3.